The summed E-state index contributed by atoms with van der Waals surface area (Å²) in [5, 5.41) is 12.7. The summed E-state index contributed by atoms with van der Waals surface area (Å²) in [7, 11) is 0. The highest BCUT2D eigenvalue weighted by molar-refractivity contribution is 4.90. The van der Waals surface area contributed by atoms with Gasteiger partial charge in [-0.25, -0.2) is 0 Å². The Morgan fingerprint density at radius 3 is 2.94 bits per heavy atom. The molecule has 0 radical (unpaired) electrons. The van der Waals surface area contributed by atoms with Gasteiger partial charge in [-0.15, -0.1) is 0 Å². The number of aliphatic hydroxyl groups is 1. The second kappa shape index (κ2) is 6.85. The van der Waals surface area contributed by atoms with Crippen molar-refractivity contribution in [2.45, 2.75) is 51.2 Å². The number of rotatable bonds is 6. The average Bonchev–Trinajstić information content (AvgIpc) is 2.81. The van der Waals surface area contributed by atoms with Crippen molar-refractivity contribution in [3.63, 3.8) is 0 Å². The summed E-state index contributed by atoms with van der Waals surface area (Å²) >= 11 is 0. The van der Waals surface area contributed by atoms with Crippen molar-refractivity contribution in [1.82, 2.24) is 15.1 Å². The first-order valence-corrected chi connectivity index (χ1v) is 7.57. The van der Waals surface area contributed by atoms with E-state index < -0.39 is 0 Å². The lowest BCUT2D eigenvalue weighted by Crippen LogP contribution is -2.55. The molecule has 0 aliphatic carbocycles. The smallest absolute Gasteiger partial charge is 0.0585 e. The molecule has 0 aromatic heterocycles. The zero-order chi connectivity index (χ0) is 13.0. The van der Waals surface area contributed by atoms with Gasteiger partial charge in [-0.3, -0.25) is 9.80 Å². The summed E-state index contributed by atoms with van der Waals surface area (Å²) in [4.78, 5) is 5.28. The van der Waals surface area contributed by atoms with E-state index in [1.165, 1.54) is 32.5 Å². The van der Waals surface area contributed by atoms with Crippen LogP contribution in [0, 0.1) is 0 Å². The van der Waals surface area contributed by atoms with E-state index in [9.17, 15) is 5.11 Å². The number of hydrogen-bond donors (Lipinski definition) is 2. The Kier molecular flexibility index (Phi) is 5.42. The Morgan fingerprint density at radius 1 is 1.39 bits per heavy atom. The molecule has 2 rings (SSSR count). The molecule has 3 unspecified atom stereocenters. The molecule has 4 nitrogen and oxygen atoms in total. The molecule has 0 spiro atoms. The van der Waals surface area contributed by atoms with Gasteiger partial charge in [0.2, 0.25) is 0 Å². The fraction of sp³-hybridized carbons (Fsp3) is 1.00. The van der Waals surface area contributed by atoms with Crippen LogP contribution < -0.4 is 5.32 Å². The number of likely N-dealkylation sites (N-methyl/N-ethyl adjacent to an activating group) is 1. The molecular weight excluding hydrogens is 226 g/mol. The first-order valence-electron chi connectivity index (χ1n) is 7.57. The van der Waals surface area contributed by atoms with E-state index in [4.69, 9.17) is 0 Å². The zero-order valence-corrected chi connectivity index (χ0v) is 11.9. The average molecular weight is 255 g/mol. The summed E-state index contributed by atoms with van der Waals surface area (Å²) in [5.41, 5.74) is 0. The highest BCUT2D eigenvalue weighted by Crippen LogP contribution is 2.24. The Labute approximate surface area is 111 Å². The number of piperazine rings is 1. The zero-order valence-electron chi connectivity index (χ0n) is 11.9. The molecule has 2 aliphatic rings. The third-order valence-electron chi connectivity index (χ3n) is 4.54. The van der Waals surface area contributed by atoms with E-state index in [1.54, 1.807) is 0 Å². The van der Waals surface area contributed by atoms with Crippen molar-refractivity contribution in [1.29, 1.82) is 0 Å². The van der Waals surface area contributed by atoms with E-state index in [0.717, 1.165) is 25.6 Å². The Hall–Kier alpha value is -0.160. The fourth-order valence-corrected chi connectivity index (χ4v) is 3.43. The topological polar surface area (TPSA) is 38.7 Å². The monoisotopic (exact) mass is 255 g/mol. The number of nitrogens with zero attached hydrogens (tertiary/aromatic N) is 2. The standard InChI is InChI=1S/C14H29N3O/c1-3-15-13(11-18)6-8-16-10-14-5-4-7-17(14)9-12(16)2/h12-15,18H,3-11H2,1-2H3. The highest BCUT2D eigenvalue weighted by Gasteiger charge is 2.34. The fourth-order valence-electron chi connectivity index (χ4n) is 3.43. The Balaban J connectivity index is 1.77. The molecule has 3 atom stereocenters. The predicted molar refractivity (Wildman–Crippen MR) is 74.8 cm³/mol. The van der Waals surface area contributed by atoms with Crippen molar-refractivity contribution in [2.24, 2.45) is 0 Å². The van der Waals surface area contributed by atoms with Gasteiger partial charge in [0.05, 0.1) is 6.61 Å². The molecule has 0 saturated carbocycles. The lowest BCUT2D eigenvalue weighted by Gasteiger charge is -2.42. The molecule has 0 aromatic rings. The molecule has 2 heterocycles. The van der Waals surface area contributed by atoms with E-state index >= 15 is 0 Å². The minimum atomic E-state index is 0.256. The maximum Gasteiger partial charge on any atom is 0.0585 e. The van der Waals surface area contributed by atoms with Gasteiger partial charge in [0.25, 0.3) is 0 Å². The van der Waals surface area contributed by atoms with Gasteiger partial charge < -0.3 is 10.4 Å². The molecule has 2 aliphatic heterocycles. The van der Waals surface area contributed by atoms with Crippen molar-refractivity contribution in [3.05, 3.63) is 0 Å². The van der Waals surface area contributed by atoms with Crippen LogP contribution in [0.5, 0.6) is 0 Å². The molecule has 2 fully saturated rings. The summed E-state index contributed by atoms with van der Waals surface area (Å²) in [6.45, 7) is 10.5. The first kappa shape index (κ1) is 14.3. The van der Waals surface area contributed by atoms with Crippen molar-refractivity contribution < 1.29 is 5.11 Å². The number of fused-ring (bicyclic) bond motifs is 1. The summed E-state index contributed by atoms with van der Waals surface area (Å²) in [5.74, 6) is 0. The first-order chi connectivity index (χ1) is 8.74. The van der Waals surface area contributed by atoms with E-state index in [0.29, 0.717) is 6.04 Å². The van der Waals surface area contributed by atoms with E-state index in [2.05, 4.69) is 29.0 Å². The molecule has 106 valence electrons. The van der Waals surface area contributed by atoms with Crippen molar-refractivity contribution in [3.8, 4) is 0 Å². The van der Waals surface area contributed by atoms with Crippen LogP contribution in [0.1, 0.15) is 33.1 Å². The molecule has 0 bridgehead atoms. The largest absolute Gasteiger partial charge is 0.395 e. The molecule has 4 heteroatoms. The van der Waals surface area contributed by atoms with Crippen LogP contribution in [-0.2, 0) is 0 Å². The van der Waals surface area contributed by atoms with Crippen LogP contribution in [0.15, 0.2) is 0 Å². The molecular formula is C14H29N3O. The Bertz CT molecular complexity index is 249. The third kappa shape index (κ3) is 3.44. The summed E-state index contributed by atoms with van der Waals surface area (Å²) in [6, 6.07) is 1.73. The lowest BCUT2D eigenvalue weighted by molar-refractivity contribution is 0.0548. The van der Waals surface area contributed by atoms with Gasteiger partial charge in [-0.05, 0) is 39.3 Å². The second-order valence-corrected chi connectivity index (χ2v) is 5.86. The van der Waals surface area contributed by atoms with Gasteiger partial charge in [-0.2, -0.15) is 0 Å². The Morgan fingerprint density at radius 2 is 2.22 bits per heavy atom. The second-order valence-electron chi connectivity index (χ2n) is 5.86. The van der Waals surface area contributed by atoms with E-state index in [-0.39, 0.29) is 12.6 Å². The molecule has 0 aromatic carbocycles. The maximum absolute atomic E-state index is 9.31. The normalized spacial score (nSPS) is 31.5. The number of nitrogens with one attached hydrogen (secondary N) is 1. The van der Waals surface area contributed by atoms with Crippen LogP contribution in [0.2, 0.25) is 0 Å². The number of aliphatic hydroxyl groups excluding tert-OH is 1. The minimum Gasteiger partial charge on any atom is -0.395 e. The molecule has 0 amide bonds. The van der Waals surface area contributed by atoms with Crippen LogP contribution in [0.25, 0.3) is 0 Å². The van der Waals surface area contributed by atoms with Gasteiger partial charge >= 0.3 is 0 Å². The quantitative estimate of drug-likeness (QED) is 0.726. The van der Waals surface area contributed by atoms with Crippen molar-refractivity contribution in [2.75, 3.05) is 39.3 Å². The van der Waals surface area contributed by atoms with E-state index in [1.807, 2.05) is 0 Å². The highest BCUT2D eigenvalue weighted by atomic mass is 16.3. The van der Waals surface area contributed by atoms with Crippen molar-refractivity contribution >= 4 is 0 Å². The molecule has 2 N–H and O–H groups in total. The third-order valence-corrected chi connectivity index (χ3v) is 4.54. The van der Waals surface area contributed by atoms with Crippen LogP contribution >= 0.6 is 0 Å². The van der Waals surface area contributed by atoms with Gasteiger partial charge in [-0.1, -0.05) is 6.92 Å². The van der Waals surface area contributed by atoms with Crippen LogP contribution in [0.4, 0.5) is 0 Å². The van der Waals surface area contributed by atoms with Gasteiger partial charge in [0.15, 0.2) is 0 Å². The lowest BCUT2D eigenvalue weighted by atomic mass is 10.1. The van der Waals surface area contributed by atoms with Gasteiger partial charge in [0, 0.05) is 37.8 Å². The number of hydrogen-bond acceptors (Lipinski definition) is 4. The summed E-state index contributed by atoms with van der Waals surface area (Å²) < 4.78 is 0. The predicted octanol–water partition coefficient (Wildman–Crippen LogP) is 0.515. The maximum atomic E-state index is 9.31. The van der Waals surface area contributed by atoms with Gasteiger partial charge in [0.1, 0.15) is 0 Å². The van der Waals surface area contributed by atoms with Crippen LogP contribution in [0.3, 0.4) is 0 Å². The molecule has 2 saturated heterocycles. The van der Waals surface area contributed by atoms with Crippen LogP contribution in [-0.4, -0.2) is 72.4 Å². The summed E-state index contributed by atoms with van der Waals surface area (Å²) in [6.07, 6.45) is 3.81. The minimum absolute atomic E-state index is 0.256. The SMILES string of the molecule is CCNC(CO)CCN1CC2CCCN2CC1C. The molecule has 18 heavy (non-hydrogen) atoms.